The zero-order valence-corrected chi connectivity index (χ0v) is 13.4. The van der Waals surface area contributed by atoms with E-state index in [2.05, 4.69) is 50.9 Å². The van der Waals surface area contributed by atoms with Crippen molar-refractivity contribution in [1.82, 2.24) is 19.5 Å². The van der Waals surface area contributed by atoms with Crippen LogP contribution < -0.4 is 10.6 Å². The third kappa shape index (κ3) is 3.71. The summed E-state index contributed by atoms with van der Waals surface area (Å²) in [4.78, 5) is 13.3. The molecule has 2 rings (SSSR count). The topological polar surface area (TPSA) is 67.7 Å². The zero-order chi connectivity index (χ0) is 15.4. The van der Waals surface area contributed by atoms with E-state index in [0.29, 0.717) is 5.92 Å². The van der Waals surface area contributed by atoms with Gasteiger partial charge in [0.15, 0.2) is 0 Å². The van der Waals surface area contributed by atoms with Gasteiger partial charge in [-0.1, -0.05) is 13.8 Å². The van der Waals surface area contributed by atoms with Gasteiger partial charge < -0.3 is 15.2 Å². The highest BCUT2D eigenvalue weighted by molar-refractivity contribution is 5.57. The number of anilines is 2. The molecule has 0 saturated carbocycles. The Morgan fingerprint density at radius 3 is 2.48 bits per heavy atom. The van der Waals surface area contributed by atoms with Crippen molar-refractivity contribution >= 4 is 11.6 Å². The van der Waals surface area contributed by atoms with Gasteiger partial charge in [0.2, 0.25) is 0 Å². The average Bonchev–Trinajstić information content (AvgIpc) is 2.93. The predicted octanol–water partition coefficient (Wildman–Crippen LogP) is 2.65. The zero-order valence-electron chi connectivity index (χ0n) is 13.4. The highest BCUT2D eigenvalue weighted by Gasteiger charge is 2.14. The van der Waals surface area contributed by atoms with Crippen molar-refractivity contribution in [2.45, 2.75) is 46.2 Å². The summed E-state index contributed by atoms with van der Waals surface area (Å²) in [5.41, 5.74) is 1.04. The minimum absolute atomic E-state index is 0.248. The Morgan fingerprint density at radius 1 is 1.19 bits per heavy atom. The van der Waals surface area contributed by atoms with Crippen LogP contribution in [0.4, 0.5) is 11.6 Å². The van der Waals surface area contributed by atoms with Gasteiger partial charge in [-0.2, -0.15) is 0 Å². The lowest BCUT2D eigenvalue weighted by Crippen LogP contribution is -2.23. The van der Waals surface area contributed by atoms with Gasteiger partial charge in [0.25, 0.3) is 0 Å². The van der Waals surface area contributed by atoms with Crippen LogP contribution in [0.2, 0.25) is 0 Å². The van der Waals surface area contributed by atoms with Crippen molar-refractivity contribution in [3.63, 3.8) is 0 Å². The monoisotopic (exact) mass is 288 g/mol. The van der Waals surface area contributed by atoms with Crippen LogP contribution in [0.1, 0.15) is 38.1 Å². The SMILES string of the molecule is CNc1nc(C(C)C)nc(NC(C)Cn2ccnc2)c1C. The molecule has 2 N–H and O–H groups in total. The second-order valence-corrected chi connectivity index (χ2v) is 5.61. The average molecular weight is 288 g/mol. The molecule has 6 heteroatoms. The Balaban J connectivity index is 2.19. The normalized spacial score (nSPS) is 12.5. The summed E-state index contributed by atoms with van der Waals surface area (Å²) in [6.45, 7) is 9.21. The van der Waals surface area contributed by atoms with E-state index in [1.165, 1.54) is 0 Å². The van der Waals surface area contributed by atoms with Crippen LogP contribution in [-0.2, 0) is 6.54 Å². The molecule has 1 atom stereocenters. The molecule has 0 aliphatic rings. The first-order valence-corrected chi connectivity index (χ1v) is 7.29. The summed E-state index contributed by atoms with van der Waals surface area (Å²) in [6.07, 6.45) is 5.58. The molecule has 1 unspecified atom stereocenters. The fourth-order valence-corrected chi connectivity index (χ4v) is 2.17. The molecule has 0 radical (unpaired) electrons. The second-order valence-electron chi connectivity index (χ2n) is 5.61. The van der Waals surface area contributed by atoms with Gasteiger partial charge in [-0.05, 0) is 13.8 Å². The molecule has 0 saturated heterocycles. The van der Waals surface area contributed by atoms with E-state index in [4.69, 9.17) is 0 Å². The molecule has 0 fully saturated rings. The van der Waals surface area contributed by atoms with E-state index in [-0.39, 0.29) is 6.04 Å². The summed E-state index contributed by atoms with van der Waals surface area (Å²) in [5.74, 6) is 2.92. The van der Waals surface area contributed by atoms with Gasteiger partial charge in [0.05, 0.1) is 6.33 Å². The van der Waals surface area contributed by atoms with E-state index < -0.39 is 0 Å². The van der Waals surface area contributed by atoms with Crippen molar-refractivity contribution in [3.8, 4) is 0 Å². The summed E-state index contributed by atoms with van der Waals surface area (Å²) in [6, 6.07) is 0.248. The van der Waals surface area contributed by atoms with Crippen LogP contribution in [0.15, 0.2) is 18.7 Å². The first-order valence-electron chi connectivity index (χ1n) is 7.29. The van der Waals surface area contributed by atoms with Crippen LogP contribution in [0.3, 0.4) is 0 Å². The molecule has 2 heterocycles. The van der Waals surface area contributed by atoms with Gasteiger partial charge in [-0.3, -0.25) is 0 Å². The van der Waals surface area contributed by atoms with E-state index in [0.717, 1.165) is 29.6 Å². The Bertz CT molecular complexity index is 576. The van der Waals surface area contributed by atoms with E-state index in [1.54, 1.807) is 6.20 Å². The lowest BCUT2D eigenvalue weighted by atomic mass is 10.2. The number of nitrogens with zero attached hydrogens (tertiary/aromatic N) is 4. The van der Waals surface area contributed by atoms with Gasteiger partial charge in [0, 0.05) is 43.5 Å². The standard InChI is InChI=1S/C15H24N6/c1-10(2)13-19-14(16-5)12(4)15(20-13)18-11(3)8-21-7-6-17-9-21/h6-7,9-11H,8H2,1-5H3,(H2,16,18,19,20). The highest BCUT2D eigenvalue weighted by atomic mass is 15.1. The number of imidazole rings is 1. The van der Waals surface area contributed by atoms with Crippen molar-refractivity contribution < 1.29 is 0 Å². The predicted molar refractivity (Wildman–Crippen MR) is 85.7 cm³/mol. The largest absolute Gasteiger partial charge is 0.373 e. The van der Waals surface area contributed by atoms with Crippen molar-refractivity contribution in [1.29, 1.82) is 0 Å². The summed E-state index contributed by atoms with van der Waals surface area (Å²) in [7, 11) is 1.89. The molecule has 2 aromatic heterocycles. The summed E-state index contributed by atoms with van der Waals surface area (Å²) in [5, 5.41) is 6.62. The van der Waals surface area contributed by atoms with Gasteiger partial charge in [0.1, 0.15) is 17.5 Å². The molecular formula is C15H24N6. The van der Waals surface area contributed by atoms with Gasteiger partial charge in [-0.25, -0.2) is 15.0 Å². The van der Waals surface area contributed by atoms with Crippen LogP contribution >= 0.6 is 0 Å². The Kier molecular flexibility index (Phi) is 4.77. The minimum Gasteiger partial charge on any atom is -0.373 e. The van der Waals surface area contributed by atoms with Crippen molar-refractivity contribution in [3.05, 3.63) is 30.1 Å². The van der Waals surface area contributed by atoms with Crippen LogP contribution in [-0.4, -0.2) is 32.6 Å². The first-order chi connectivity index (χ1) is 10.0. The number of aromatic nitrogens is 4. The molecule has 0 aliphatic carbocycles. The van der Waals surface area contributed by atoms with Crippen LogP contribution in [0.25, 0.3) is 0 Å². The Labute approximate surface area is 126 Å². The number of hydrogen-bond donors (Lipinski definition) is 2. The van der Waals surface area contributed by atoms with Crippen molar-refractivity contribution in [2.75, 3.05) is 17.7 Å². The fourth-order valence-electron chi connectivity index (χ4n) is 2.17. The molecule has 0 aromatic carbocycles. The maximum Gasteiger partial charge on any atom is 0.135 e. The number of rotatable bonds is 6. The number of nitrogens with one attached hydrogen (secondary N) is 2. The Hall–Kier alpha value is -2.11. The summed E-state index contributed by atoms with van der Waals surface area (Å²) < 4.78 is 2.05. The lowest BCUT2D eigenvalue weighted by molar-refractivity contribution is 0.615. The summed E-state index contributed by atoms with van der Waals surface area (Å²) >= 11 is 0. The molecule has 0 aliphatic heterocycles. The van der Waals surface area contributed by atoms with E-state index in [1.807, 2.05) is 26.5 Å². The van der Waals surface area contributed by atoms with Crippen LogP contribution in [0, 0.1) is 6.92 Å². The maximum atomic E-state index is 4.66. The molecule has 0 bridgehead atoms. The fraction of sp³-hybridized carbons (Fsp3) is 0.533. The second kappa shape index (κ2) is 6.56. The lowest BCUT2D eigenvalue weighted by Gasteiger charge is -2.19. The van der Waals surface area contributed by atoms with Gasteiger partial charge >= 0.3 is 0 Å². The van der Waals surface area contributed by atoms with Crippen LogP contribution in [0.5, 0.6) is 0 Å². The molecule has 2 aromatic rings. The Morgan fingerprint density at radius 2 is 1.90 bits per heavy atom. The molecule has 6 nitrogen and oxygen atoms in total. The molecular weight excluding hydrogens is 264 g/mol. The third-order valence-corrected chi connectivity index (χ3v) is 3.34. The molecule has 0 spiro atoms. The number of hydrogen-bond acceptors (Lipinski definition) is 5. The molecule has 21 heavy (non-hydrogen) atoms. The molecule has 114 valence electrons. The van der Waals surface area contributed by atoms with E-state index in [9.17, 15) is 0 Å². The maximum absolute atomic E-state index is 4.66. The van der Waals surface area contributed by atoms with Gasteiger partial charge in [-0.15, -0.1) is 0 Å². The van der Waals surface area contributed by atoms with Crippen molar-refractivity contribution in [2.24, 2.45) is 0 Å². The highest BCUT2D eigenvalue weighted by Crippen LogP contribution is 2.23. The smallest absolute Gasteiger partial charge is 0.135 e. The quantitative estimate of drug-likeness (QED) is 0.855. The minimum atomic E-state index is 0.248. The van der Waals surface area contributed by atoms with E-state index >= 15 is 0 Å². The molecule has 0 amide bonds. The third-order valence-electron chi connectivity index (χ3n) is 3.34. The first kappa shape index (κ1) is 15.3.